The number of hydrogen-bond acceptors (Lipinski definition) is 2. The molecule has 0 spiro atoms. The third-order valence-electron chi connectivity index (χ3n) is 1.97. The first-order valence-corrected chi connectivity index (χ1v) is 4.87. The first-order valence-electron chi connectivity index (χ1n) is 4.08. The summed E-state index contributed by atoms with van der Waals surface area (Å²) >= 11 is 3.05. The second-order valence-corrected chi connectivity index (χ2v) is 3.87. The van der Waals surface area contributed by atoms with Gasteiger partial charge in [0.25, 0.3) is 0 Å². The summed E-state index contributed by atoms with van der Waals surface area (Å²) in [4.78, 5) is 4.53. The van der Waals surface area contributed by atoms with Gasteiger partial charge < -0.3 is 0 Å². The van der Waals surface area contributed by atoms with Gasteiger partial charge in [-0.3, -0.25) is 4.84 Å². The normalized spacial score (nSPS) is 14.0. The van der Waals surface area contributed by atoms with Gasteiger partial charge in [0.15, 0.2) is 0 Å². The van der Waals surface area contributed by atoms with Crippen LogP contribution in [0.15, 0.2) is 22.7 Å². The maximum absolute atomic E-state index is 12.3. The highest BCUT2D eigenvalue weighted by Crippen LogP contribution is 2.34. The van der Waals surface area contributed by atoms with E-state index in [2.05, 4.69) is 20.8 Å². The highest BCUT2D eigenvalue weighted by Gasteiger charge is 2.31. The molecular weight excluding hydrogens is 275 g/mol. The Hall–Kier alpha value is -0.590. The summed E-state index contributed by atoms with van der Waals surface area (Å²) in [5.41, 5.74) is -0.132. The molecule has 0 aliphatic rings. The van der Waals surface area contributed by atoms with E-state index in [1.165, 1.54) is 6.07 Å². The molecule has 0 aliphatic heterocycles. The van der Waals surface area contributed by atoms with E-state index < -0.39 is 17.8 Å². The van der Waals surface area contributed by atoms with E-state index in [0.717, 1.165) is 12.1 Å². The Kier molecular flexibility index (Phi) is 3.75. The van der Waals surface area contributed by atoms with Crippen molar-refractivity contribution in [2.24, 2.45) is 5.90 Å². The molecule has 1 rings (SSSR count). The molecule has 1 aromatic carbocycles. The van der Waals surface area contributed by atoms with Crippen molar-refractivity contribution in [2.45, 2.75) is 19.2 Å². The Labute approximate surface area is 93.3 Å². The third kappa shape index (κ3) is 2.93. The molecule has 15 heavy (non-hydrogen) atoms. The maximum Gasteiger partial charge on any atom is 0.416 e. The van der Waals surface area contributed by atoms with Crippen LogP contribution in [-0.2, 0) is 11.0 Å². The number of hydrogen-bond donors (Lipinski definition) is 1. The van der Waals surface area contributed by atoms with Crippen LogP contribution in [0.1, 0.15) is 24.2 Å². The van der Waals surface area contributed by atoms with Crippen LogP contribution in [0.4, 0.5) is 13.2 Å². The number of halogens is 4. The quantitative estimate of drug-likeness (QED) is 0.844. The molecule has 2 N–H and O–H groups in total. The van der Waals surface area contributed by atoms with Gasteiger partial charge in [0.2, 0.25) is 0 Å². The molecule has 0 radical (unpaired) electrons. The van der Waals surface area contributed by atoms with E-state index in [1.54, 1.807) is 6.92 Å². The minimum Gasteiger partial charge on any atom is -0.297 e. The van der Waals surface area contributed by atoms with Crippen LogP contribution < -0.4 is 5.90 Å². The molecule has 0 aromatic heterocycles. The molecule has 1 unspecified atom stereocenters. The fourth-order valence-corrected chi connectivity index (χ4v) is 1.81. The first-order chi connectivity index (χ1) is 6.86. The van der Waals surface area contributed by atoms with Crippen LogP contribution in [-0.4, -0.2) is 0 Å². The van der Waals surface area contributed by atoms with Crippen LogP contribution in [0.25, 0.3) is 0 Å². The SMILES string of the molecule is CC(ON)c1ccc(C(F)(F)F)cc1Br. The lowest BCUT2D eigenvalue weighted by atomic mass is 10.1. The molecule has 0 saturated heterocycles. The average Bonchev–Trinajstić information content (AvgIpc) is 2.15. The molecule has 0 bridgehead atoms. The van der Waals surface area contributed by atoms with E-state index in [4.69, 9.17) is 5.90 Å². The smallest absolute Gasteiger partial charge is 0.297 e. The minimum atomic E-state index is -4.34. The molecule has 2 nitrogen and oxygen atoms in total. The van der Waals surface area contributed by atoms with E-state index in [0.29, 0.717) is 10.0 Å². The van der Waals surface area contributed by atoms with E-state index >= 15 is 0 Å². The zero-order valence-corrected chi connectivity index (χ0v) is 9.39. The molecule has 0 amide bonds. The van der Waals surface area contributed by atoms with Crippen molar-refractivity contribution in [3.63, 3.8) is 0 Å². The Morgan fingerprint density at radius 2 is 2.00 bits per heavy atom. The predicted molar refractivity (Wildman–Crippen MR) is 52.8 cm³/mol. The fraction of sp³-hybridized carbons (Fsp3) is 0.333. The monoisotopic (exact) mass is 283 g/mol. The molecule has 1 atom stereocenters. The van der Waals surface area contributed by atoms with Gasteiger partial charge in [-0.25, -0.2) is 5.90 Å². The van der Waals surface area contributed by atoms with Crippen LogP contribution in [0.2, 0.25) is 0 Å². The van der Waals surface area contributed by atoms with Gasteiger partial charge in [-0.15, -0.1) is 0 Å². The van der Waals surface area contributed by atoms with Gasteiger partial charge in [0.05, 0.1) is 5.56 Å². The van der Waals surface area contributed by atoms with Crippen LogP contribution in [0, 0.1) is 0 Å². The Morgan fingerprint density at radius 1 is 1.40 bits per heavy atom. The number of rotatable bonds is 2. The summed E-state index contributed by atoms with van der Waals surface area (Å²) in [5, 5.41) is 0. The Balaban J connectivity index is 3.09. The minimum absolute atomic E-state index is 0.329. The Morgan fingerprint density at radius 3 is 2.40 bits per heavy atom. The average molecular weight is 284 g/mol. The van der Waals surface area contributed by atoms with Gasteiger partial charge in [-0.2, -0.15) is 13.2 Å². The second-order valence-electron chi connectivity index (χ2n) is 3.01. The highest BCUT2D eigenvalue weighted by atomic mass is 79.9. The van der Waals surface area contributed by atoms with Crippen LogP contribution in [0.3, 0.4) is 0 Å². The summed E-state index contributed by atoms with van der Waals surface area (Å²) in [6.07, 6.45) is -4.80. The lowest BCUT2D eigenvalue weighted by Gasteiger charge is -2.13. The summed E-state index contributed by atoms with van der Waals surface area (Å²) in [6.45, 7) is 1.65. The number of alkyl halides is 3. The zero-order chi connectivity index (χ0) is 11.6. The van der Waals surface area contributed by atoms with Crippen molar-refractivity contribution < 1.29 is 18.0 Å². The molecule has 0 fully saturated rings. The molecule has 0 saturated carbocycles. The van der Waals surface area contributed by atoms with Crippen LogP contribution >= 0.6 is 15.9 Å². The van der Waals surface area contributed by atoms with Crippen molar-refractivity contribution in [1.82, 2.24) is 0 Å². The van der Waals surface area contributed by atoms with Crippen molar-refractivity contribution in [3.8, 4) is 0 Å². The van der Waals surface area contributed by atoms with Gasteiger partial charge in [0.1, 0.15) is 6.10 Å². The zero-order valence-electron chi connectivity index (χ0n) is 7.81. The Bertz CT molecular complexity index is 354. The third-order valence-corrected chi connectivity index (χ3v) is 2.66. The van der Waals surface area contributed by atoms with E-state index in [-0.39, 0.29) is 0 Å². The molecule has 0 aliphatic carbocycles. The van der Waals surface area contributed by atoms with Gasteiger partial charge in [-0.05, 0) is 24.6 Å². The van der Waals surface area contributed by atoms with E-state index in [9.17, 15) is 13.2 Å². The molecule has 1 aromatic rings. The van der Waals surface area contributed by atoms with Gasteiger partial charge in [0, 0.05) is 4.47 Å². The second kappa shape index (κ2) is 4.51. The van der Waals surface area contributed by atoms with Crippen LogP contribution in [0.5, 0.6) is 0 Å². The highest BCUT2D eigenvalue weighted by molar-refractivity contribution is 9.10. The number of benzene rings is 1. The predicted octanol–water partition coefficient (Wildman–Crippen LogP) is 3.42. The van der Waals surface area contributed by atoms with Crippen molar-refractivity contribution in [1.29, 1.82) is 0 Å². The van der Waals surface area contributed by atoms with Gasteiger partial charge in [-0.1, -0.05) is 22.0 Å². The molecule has 0 heterocycles. The molecular formula is C9H9BrF3NO. The topological polar surface area (TPSA) is 35.2 Å². The largest absolute Gasteiger partial charge is 0.416 e. The van der Waals surface area contributed by atoms with Crippen molar-refractivity contribution in [3.05, 3.63) is 33.8 Å². The molecule has 6 heteroatoms. The summed E-state index contributed by atoms with van der Waals surface area (Å²) in [5.74, 6) is 4.95. The summed E-state index contributed by atoms with van der Waals surface area (Å²) < 4.78 is 37.2. The summed E-state index contributed by atoms with van der Waals surface area (Å²) in [7, 11) is 0. The summed E-state index contributed by atoms with van der Waals surface area (Å²) in [6, 6.07) is 3.34. The van der Waals surface area contributed by atoms with Crippen molar-refractivity contribution in [2.75, 3.05) is 0 Å². The molecule has 84 valence electrons. The lowest BCUT2D eigenvalue weighted by Crippen LogP contribution is -2.09. The fourth-order valence-electron chi connectivity index (χ4n) is 1.11. The number of nitrogens with two attached hydrogens (primary N) is 1. The van der Waals surface area contributed by atoms with Gasteiger partial charge >= 0.3 is 6.18 Å². The van der Waals surface area contributed by atoms with E-state index in [1.807, 2.05) is 0 Å². The first kappa shape index (κ1) is 12.5. The maximum atomic E-state index is 12.3. The standard InChI is InChI=1S/C9H9BrF3NO/c1-5(15-14)7-3-2-6(4-8(7)10)9(11,12)13/h2-5H,14H2,1H3. The lowest BCUT2D eigenvalue weighted by molar-refractivity contribution is -0.137. The van der Waals surface area contributed by atoms with Crippen molar-refractivity contribution >= 4 is 15.9 Å².